The Hall–Kier alpha value is -0.590. The van der Waals surface area contributed by atoms with Crippen LogP contribution in [-0.2, 0) is 14.3 Å². The van der Waals surface area contributed by atoms with Crippen molar-refractivity contribution in [3.05, 3.63) is 23.4 Å². The number of quaternary nitrogens is 1. The number of carbonyl (C=O) groups is 1. The second-order valence-corrected chi connectivity index (χ2v) is 6.78. The van der Waals surface area contributed by atoms with E-state index in [1.165, 1.54) is 19.1 Å². The van der Waals surface area contributed by atoms with Crippen LogP contribution in [0.1, 0.15) is 6.42 Å². The second kappa shape index (κ2) is 6.49. The number of rotatable bonds is 5. The minimum atomic E-state index is -1.43. The van der Waals surface area contributed by atoms with Crippen LogP contribution >= 0.6 is 23.2 Å². The Balaban J connectivity index is 2.49. The molecular formula is C15H23Cl2N2O3+. The Kier molecular flexibility index (Phi) is 5.24. The van der Waals surface area contributed by atoms with Crippen LogP contribution in [0.5, 0.6) is 0 Å². The summed E-state index contributed by atoms with van der Waals surface area (Å²) in [4.78, 5) is 14.8. The van der Waals surface area contributed by atoms with E-state index in [9.17, 15) is 4.79 Å². The quantitative estimate of drug-likeness (QED) is 0.443. The van der Waals surface area contributed by atoms with E-state index in [1.54, 1.807) is 6.08 Å². The van der Waals surface area contributed by atoms with Crippen LogP contribution in [0.2, 0.25) is 0 Å². The van der Waals surface area contributed by atoms with Gasteiger partial charge in [0.2, 0.25) is 11.6 Å². The Bertz CT molecular complexity index is 497. The maximum Gasteiger partial charge on any atom is 0.239 e. The first-order chi connectivity index (χ1) is 10.4. The van der Waals surface area contributed by atoms with Crippen LogP contribution in [0.15, 0.2) is 23.4 Å². The standard InChI is InChI=1S/C15H22Cl2N2O3/c1-5-6-14(17)13(20)11(16)12(15(14,21-3)22-4)19-9-7-18(2)8-10-19/h5H,1,6-10H2,2-4H3/p+1/t14-/m1/s1. The van der Waals surface area contributed by atoms with Gasteiger partial charge in [-0.1, -0.05) is 17.7 Å². The van der Waals surface area contributed by atoms with Crippen LogP contribution in [-0.4, -0.2) is 68.8 Å². The number of Topliss-reactive ketones (excluding diaryl/α,β-unsaturated/α-hetero) is 1. The third kappa shape index (κ3) is 2.39. The fourth-order valence-corrected chi connectivity index (χ4v) is 4.15. The maximum atomic E-state index is 12.7. The lowest BCUT2D eigenvalue weighted by molar-refractivity contribution is -0.884. The van der Waals surface area contributed by atoms with Gasteiger partial charge < -0.3 is 19.3 Å². The summed E-state index contributed by atoms with van der Waals surface area (Å²) in [6.45, 7) is 7.11. The van der Waals surface area contributed by atoms with Crippen LogP contribution in [0.3, 0.4) is 0 Å². The van der Waals surface area contributed by atoms with Crippen molar-refractivity contribution in [1.29, 1.82) is 0 Å². The predicted molar refractivity (Wildman–Crippen MR) is 86.2 cm³/mol. The summed E-state index contributed by atoms with van der Waals surface area (Å²) in [6.07, 6.45) is 1.78. The molecule has 1 aliphatic heterocycles. The van der Waals surface area contributed by atoms with Gasteiger partial charge >= 0.3 is 0 Å². The highest BCUT2D eigenvalue weighted by Gasteiger charge is 2.66. The highest BCUT2D eigenvalue weighted by atomic mass is 35.5. The Morgan fingerprint density at radius 2 is 1.91 bits per heavy atom. The number of piperazine rings is 1. The minimum absolute atomic E-state index is 0.0973. The molecule has 1 heterocycles. The molecule has 0 saturated carbocycles. The van der Waals surface area contributed by atoms with Gasteiger partial charge in [0.25, 0.3) is 0 Å². The topological polar surface area (TPSA) is 43.2 Å². The molecule has 0 unspecified atom stereocenters. The van der Waals surface area contributed by atoms with Crippen LogP contribution in [0.4, 0.5) is 0 Å². The molecule has 1 saturated heterocycles. The van der Waals surface area contributed by atoms with Crippen LogP contribution in [0, 0.1) is 0 Å². The van der Waals surface area contributed by atoms with Gasteiger partial charge in [0.1, 0.15) is 5.03 Å². The molecule has 1 fully saturated rings. The van der Waals surface area contributed by atoms with Gasteiger partial charge in [-0.25, -0.2) is 0 Å². The monoisotopic (exact) mass is 349 g/mol. The van der Waals surface area contributed by atoms with E-state index in [1.807, 2.05) is 4.90 Å². The predicted octanol–water partition coefficient (Wildman–Crippen LogP) is 0.393. The lowest BCUT2D eigenvalue weighted by atomic mass is 9.93. The zero-order chi connectivity index (χ0) is 16.5. The van der Waals surface area contributed by atoms with E-state index in [0.717, 1.165) is 26.2 Å². The summed E-state index contributed by atoms with van der Waals surface area (Å²) in [6, 6.07) is 0. The van der Waals surface area contributed by atoms with E-state index < -0.39 is 10.7 Å². The number of halogens is 2. The van der Waals surface area contributed by atoms with Gasteiger partial charge in [-0.2, -0.15) is 0 Å². The number of carbonyl (C=O) groups excluding carboxylic acids is 1. The smallest absolute Gasteiger partial charge is 0.239 e. The van der Waals surface area contributed by atoms with E-state index >= 15 is 0 Å². The van der Waals surface area contributed by atoms with E-state index in [4.69, 9.17) is 32.7 Å². The first kappa shape index (κ1) is 17.8. The summed E-state index contributed by atoms with van der Waals surface area (Å²) in [5.74, 6) is -1.77. The molecule has 0 radical (unpaired) electrons. The molecule has 22 heavy (non-hydrogen) atoms. The van der Waals surface area contributed by atoms with E-state index in [2.05, 4.69) is 13.6 Å². The molecule has 0 spiro atoms. The molecule has 7 heteroatoms. The van der Waals surface area contributed by atoms with Crippen LogP contribution in [0.25, 0.3) is 0 Å². The highest BCUT2D eigenvalue weighted by Crippen LogP contribution is 2.52. The third-order valence-corrected chi connectivity index (χ3v) is 5.46. The number of alkyl halides is 1. The Labute approximate surface area is 141 Å². The van der Waals surface area contributed by atoms with Gasteiger partial charge in [0.05, 0.1) is 38.9 Å². The average Bonchev–Trinajstić information content (AvgIpc) is 2.67. The SMILES string of the molecule is C=CC[C@@]1(Cl)C(=O)C(Cl)=C(N2CC[NH+](C)CC2)C1(OC)OC. The summed E-state index contributed by atoms with van der Waals surface area (Å²) in [7, 11) is 5.10. The number of methoxy groups -OCH3 is 2. The summed E-state index contributed by atoms with van der Waals surface area (Å²) in [5, 5.41) is 0.0973. The molecule has 0 amide bonds. The van der Waals surface area contributed by atoms with Gasteiger partial charge in [-0.15, -0.1) is 18.2 Å². The molecule has 124 valence electrons. The minimum Gasteiger partial charge on any atom is -0.358 e. The summed E-state index contributed by atoms with van der Waals surface area (Å²) >= 11 is 13.0. The lowest BCUT2D eigenvalue weighted by Gasteiger charge is -2.44. The van der Waals surface area contributed by atoms with Crippen molar-refractivity contribution >= 4 is 29.0 Å². The number of hydrogen-bond donors (Lipinski definition) is 1. The van der Waals surface area contributed by atoms with Crippen molar-refractivity contribution in [3.8, 4) is 0 Å². The number of nitrogens with one attached hydrogen (secondary N) is 1. The zero-order valence-corrected chi connectivity index (χ0v) is 14.8. The normalized spacial score (nSPS) is 29.3. The molecule has 5 nitrogen and oxygen atoms in total. The molecule has 0 bridgehead atoms. The fraction of sp³-hybridized carbons (Fsp3) is 0.667. The number of hydrogen-bond acceptors (Lipinski definition) is 4. The van der Waals surface area contributed by atoms with E-state index in [-0.39, 0.29) is 17.2 Å². The van der Waals surface area contributed by atoms with Crippen molar-refractivity contribution in [1.82, 2.24) is 4.90 Å². The Morgan fingerprint density at radius 3 is 2.36 bits per heavy atom. The van der Waals surface area contributed by atoms with Crippen LogP contribution < -0.4 is 4.90 Å². The molecule has 0 aromatic heterocycles. The molecule has 1 aliphatic carbocycles. The lowest BCUT2D eigenvalue weighted by Crippen LogP contribution is -3.12. The van der Waals surface area contributed by atoms with E-state index in [0.29, 0.717) is 5.70 Å². The van der Waals surface area contributed by atoms with Crippen molar-refractivity contribution in [2.75, 3.05) is 47.4 Å². The molecule has 0 aromatic rings. The van der Waals surface area contributed by atoms with Crippen molar-refractivity contribution in [2.45, 2.75) is 17.1 Å². The molecule has 0 aromatic carbocycles. The number of likely N-dealkylation sites (N-methyl/N-ethyl adjacent to an activating group) is 1. The zero-order valence-electron chi connectivity index (χ0n) is 13.2. The largest absolute Gasteiger partial charge is 0.358 e. The summed E-state index contributed by atoms with van der Waals surface area (Å²) in [5.41, 5.74) is 0.536. The molecule has 2 aliphatic rings. The van der Waals surface area contributed by atoms with Gasteiger partial charge in [0, 0.05) is 14.2 Å². The van der Waals surface area contributed by atoms with Gasteiger partial charge in [-0.05, 0) is 6.42 Å². The number of allylic oxidation sites excluding steroid dienone is 2. The summed E-state index contributed by atoms with van der Waals surface area (Å²) < 4.78 is 11.3. The van der Waals surface area contributed by atoms with Crippen molar-refractivity contribution < 1.29 is 19.2 Å². The second-order valence-electron chi connectivity index (χ2n) is 5.75. The number of nitrogens with zero attached hydrogens (tertiary/aromatic N) is 1. The van der Waals surface area contributed by atoms with Gasteiger partial charge in [-0.3, -0.25) is 4.79 Å². The number of ketones is 1. The van der Waals surface area contributed by atoms with Crippen molar-refractivity contribution in [3.63, 3.8) is 0 Å². The number of ether oxygens (including phenoxy) is 2. The first-order valence-electron chi connectivity index (χ1n) is 7.29. The molecule has 1 atom stereocenters. The average molecular weight is 350 g/mol. The van der Waals surface area contributed by atoms with Crippen molar-refractivity contribution in [2.24, 2.45) is 0 Å². The molecule has 1 N–H and O–H groups in total. The highest BCUT2D eigenvalue weighted by molar-refractivity contribution is 6.53. The maximum absolute atomic E-state index is 12.7. The fourth-order valence-electron chi connectivity index (χ4n) is 3.25. The third-order valence-electron chi connectivity index (χ3n) is 4.53. The first-order valence-corrected chi connectivity index (χ1v) is 8.05. The van der Waals surface area contributed by atoms with Gasteiger partial charge in [0.15, 0.2) is 4.87 Å². The molecular weight excluding hydrogens is 327 g/mol. The molecule has 2 rings (SSSR count). The Morgan fingerprint density at radius 1 is 1.36 bits per heavy atom.